The number of carboxylic acid groups (broad SMARTS) is 1. The molecule has 1 N–H and O–H groups in total. The fourth-order valence-corrected chi connectivity index (χ4v) is 2.90. The second-order valence-corrected chi connectivity index (χ2v) is 5.16. The van der Waals surface area contributed by atoms with Gasteiger partial charge in [-0.05, 0) is 31.5 Å². The van der Waals surface area contributed by atoms with Gasteiger partial charge in [-0.3, -0.25) is 4.79 Å². The number of halogens is 1. The van der Waals surface area contributed by atoms with E-state index in [0.29, 0.717) is 18.7 Å². The molecule has 3 nitrogen and oxygen atoms in total. The zero-order valence-electron chi connectivity index (χ0n) is 10.3. The number of aliphatic carboxylic acids is 1. The van der Waals surface area contributed by atoms with E-state index >= 15 is 0 Å². The Balaban J connectivity index is 2.19. The average molecular weight is 268 g/mol. The van der Waals surface area contributed by atoms with Gasteiger partial charge < -0.3 is 10.0 Å². The van der Waals surface area contributed by atoms with Crippen LogP contribution in [-0.4, -0.2) is 41.5 Å². The summed E-state index contributed by atoms with van der Waals surface area (Å²) >= 11 is 5.73. The van der Waals surface area contributed by atoms with Gasteiger partial charge in [0.05, 0.1) is 5.41 Å². The molecule has 98 valence electrons. The third-order valence-corrected chi connectivity index (χ3v) is 4.02. The van der Waals surface area contributed by atoms with E-state index in [1.807, 2.05) is 30.3 Å². The van der Waals surface area contributed by atoms with Gasteiger partial charge in [0.1, 0.15) is 0 Å². The van der Waals surface area contributed by atoms with Crippen LogP contribution in [0.4, 0.5) is 0 Å². The maximum absolute atomic E-state index is 11.7. The van der Waals surface area contributed by atoms with Gasteiger partial charge in [0.15, 0.2) is 0 Å². The Bertz CT molecular complexity index is 400. The van der Waals surface area contributed by atoms with Crippen LogP contribution in [0.2, 0.25) is 0 Å². The number of rotatable bonds is 4. The van der Waals surface area contributed by atoms with Crippen LogP contribution in [0, 0.1) is 0 Å². The maximum Gasteiger partial charge on any atom is 0.314 e. The van der Waals surface area contributed by atoms with Crippen molar-refractivity contribution in [2.45, 2.75) is 18.3 Å². The van der Waals surface area contributed by atoms with Gasteiger partial charge >= 0.3 is 5.97 Å². The summed E-state index contributed by atoms with van der Waals surface area (Å²) in [4.78, 5) is 13.9. The van der Waals surface area contributed by atoms with Crippen LogP contribution in [0.15, 0.2) is 30.3 Å². The van der Waals surface area contributed by atoms with E-state index in [9.17, 15) is 9.90 Å². The average Bonchev–Trinajstić information content (AvgIpc) is 2.41. The summed E-state index contributed by atoms with van der Waals surface area (Å²) in [5.74, 6) is -0.106. The molecular weight excluding hydrogens is 250 g/mol. The van der Waals surface area contributed by atoms with E-state index in [4.69, 9.17) is 11.6 Å². The number of alkyl halides is 1. The van der Waals surface area contributed by atoms with Gasteiger partial charge in [0.25, 0.3) is 0 Å². The molecule has 18 heavy (non-hydrogen) atoms. The number of piperidine rings is 1. The fourth-order valence-electron chi connectivity index (χ4n) is 2.66. The summed E-state index contributed by atoms with van der Waals surface area (Å²) < 4.78 is 0. The highest BCUT2D eigenvalue weighted by Crippen LogP contribution is 2.35. The lowest BCUT2D eigenvalue weighted by molar-refractivity contribution is -0.146. The molecule has 1 saturated heterocycles. The number of benzene rings is 1. The Kier molecular flexibility index (Phi) is 4.25. The molecule has 1 heterocycles. The molecule has 1 aromatic rings. The second-order valence-electron chi connectivity index (χ2n) is 4.78. The van der Waals surface area contributed by atoms with Crippen LogP contribution in [-0.2, 0) is 10.2 Å². The van der Waals surface area contributed by atoms with E-state index < -0.39 is 11.4 Å². The highest BCUT2D eigenvalue weighted by molar-refractivity contribution is 6.18. The molecule has 0 atom stereocenters. The quantitative estimate of drug-likeness (QED) is 0.852. The first-order valence-corrected chi connectivity index (χ1v) is 6.80. The lowest BCUT2D eigenvalue weighted by Gasteiger charge is -2.39. The fraction of sp³-hybridized carbons (Fsp3) is 0.500. The van der Waals surface area contributed by atoms with Gasteiger partial charge in [-0.25, -0.2) is 0 Å². The summed E-state index contributed by atoms with van der Waals surface area (Å²) in [5.41, 5.74) is 0.201. The van der Waals surface area contributed by atoms with Crippen molar-refractivity contribution in [3.05, 3.63) is 35.9 Å². The number of hydrogen-bond donors (Lipinski definition) is 1. The summed E-state index contributed by atoms with van der Waals surface area (Å²) in [7, 11) is 0. The molecule has 0 saturated carbocycles. The molecule has 0 bridgehead atoms. The predicted molar refractivity (Wildman–Crippen MR) is 72.1 cm³/mol. The Morgan fingerprint density at radius 1 is 1.28 bits per heavy atom. The molecule has 1 fully saturated rings. The molecular formula is C14H18ClNO2. The zero-order chi connectivity index (χ0) is 13.0. The highest BCUT2D eigenvalue weighted by atomic mass is 35.5. The Morgan fingerprint density at radius 3 is 2.39 bits per heavy atom. The topological polar surface area (TPSA) is 40.5 Å². The molecule has 0 aliphatic carbocycles. The van der Waals surface area contributed by atoms with Gasteiger partial charge in [0, 0.05) is 12.4 Å². The van der Waals surface area contributed by atoms with Crippen LogP contribution in [0.25, 0.3) is 0 Å². The van der Waals surface area contributed by atoms with Crippen LogP contribution in [0.3, 0.4) is 0 Å². The summed E-state index contributed by atoms with van der Waals surface area (Å²) in [6.07, 6.45) is 1.31. The lowest BCUT2D eigenvalue weighted by atomic mass is 9.73. The van der Waals surface area contributed by atoms with Crippen molar-refractivity contribution >= 4 is 17.6 Å². The van der Waals surface area contributed by atoms with Crippen molar-refractivity contribution in [2.24, 2.45) is 0 Å². The molecule has 0 unspecified atom stereocenters. The van der Waals surface area contributed by atoms with Crippen molar-refractivity contribution in [1.82, 2.24) is 4.90 Å². The molecule has 0 spiro atoms. The largest absolute Gasteiger partial charge is 0.481 e. The van der Waals surface area contributed by atoms with Crippen molar-refractivity contribution < 1.29 is 9.90 Å². The highest BCUT2D eigenvalue weighted by Gasteiger charge is 2.42. The number of nitrogens with zero attached hydrogens (tertiary/aromatic N) is 1. The van der Waals surface area contributed by atoms with Crippen LogP contribution < -0.4 is 0 Å². The molecule has 4 heteroatoms. The summed E-state index contributed by atoms with van der Waals surface area (Å²) in [5, 5.41) is 9.61. The minimum Gasteiger partial charge on any atom is -0.481 e. The van der Waals surface area contributed by atoms with Crippen molar-refractivity contribution in [2.75, 3.05) is 25.5 Å². The standard InChI is InChI=1S/C14H18ClNO2/c15-8-11-16-9-6-14(7-10-16,13(17)18)12-4-2-1-3-5-12/h1-5H,6-11H2,(H,17,18). The molecule has 1 aliphatic rings. The first-order chi connectivity index (χ1) is 8.69. The smallest absolute Gasteiger partial charge is 0.314 e. The van der Waals surface area contributed by atoms with E-state index in [2.05, 4.69) is 4.90 Å². The minimum absolute atomic E-state index is 0.603. The van der Waals surface area contributed by atoms with Crippen molar-refractivity contribution in [3.63, 3.8) is 0 Å². The van der Waals surface area contributed by atoms with E-state index in [0.717, 1.165) is 25.2 Å². The maximum atomic E-state index is 11.7. The molecule has 0 radical (unpaired) electrons. The lowest BCUT2D eigenvalue weighted by Crippen LogP contribution is -2.47. The number of carboxylic acids is 1. The van der Waals surface area contributed by atoms with E-state index in [1.165, 1.54) is 0 Å². The summed E-state index contributed by atoms with van der Waals surface area (Å²) in [6, 6.07) is 9.58. The SMILES string of the molecule is O=C(O)C1(c2ccccc2)CCN(CCCl)CC1. The van der Waals surface area contributed by atoms with Gasteiger partial charge in [-0.1, -0.05) is 30.3 Å². The molecule has 0 amide bonds. The molecule has 2 rings (SSSR count). The number of hydrogen-bond acceptors (Lipinski definition) is 2. The molecule has 0 aromatic heterocycles. The van der Waals surface area contributed by atoms with Gasteiger partial charge in [-0.15, -0.1) is 11.6 Å². The normalized spacial score (nSPS) is 19.6. The third kappa shape index (κ3) is 2.52. The Morgan fingerprint density at radius 2 is 1.89 bits per heavy atom. The monoisotopic (exact) mass is 267 g/mol. The number of carbonyl (C=O) groups is 1. The van der Waals surface area contributed by atoms with Gasteiger partial charge in [-0.2, -0.15) is 0 Å². The predicted octanol–water partition coefficient (Wildman–Crippen LogP) is 2.34. The summed E-state index contributed by atoms with van der Waals surface area (Å²) in [6.45, 7) is 2.44. The first kappa shape index (κ1) is 13.4. The third-order valence-electron chi connectivity index (χ3n) is 3.85. The van der Waals surface area contributed by atoms with Crippen LogP contribution >= 0.6 is 11.6 Å². The van der Waals surface area contributed by atoms with Crippen molar-refractivity contribution in [3.8, 4) is 0 Å². The second kappa shape index (κ2) is 5.72. The van der Waals surface area contributed by atoms with Crippen molar-refractivity contribution in [1.29, 1.82) is 0 Å². The first-order valence-electron chi connectivity index (χ1n) is 6.26. The molecule has 1 aromatic carbocycles. The number of likely N-dealkylation sites (tertiary alicyclic amines) is 1. The van der Waals surface area contributed by atoms with E-state index in [1.54, 1.807) is 0 Å². The zero-order valence-corrected chi connectivity index (χ0v) is 11.1. The molecule has 1 aliphatic heterocycles. The van der Waals surface area contributed by atoms with Crippen LogP contribution in [0.5, 0.6) is 0 Å². The van der Waals surface area contributed by atoms with E-state index in [-0.39, 0.29) is 0 Å². The van der Waals surface area contributed by atoms with Crippen LogP contribution in [0.1, 0.15) is 18.4 Å². The van der Waals surface area contributed by atoms with Gasteiger partial charge in [0.2, 0.25) is 0 Å². The Hall–Kier alpha value is -1.06. The minimum atomic E-state index is -0.718. The Labute approximate surface area is 112 Å².